The van der Waals surface area contributed by atoms with Gasteiger partial charge < -0.3 is 14.5 Å². The standard InChI is InChI=1S/C24H24Cl2N4O2/c1-16-5-3-4-6-19(16)21-8-10-23(28-27-21)29-11-13-30(14-12-29)24(31)17(2)32-22-9-7-18(25)15-20(22)26/h3-10,15,17H,11-14H2,1-2H3. The molecule has 8 heteroatoms. The van der Waals surface area contributed by atoms with Crippen LogP contribution >= 0.6 is 23.2 Å². The van der Waals surface area contributed by atoms with E-state index < -0.39 is 6.10 Å². The van der Waals surface area contributed by atoms with E-state index in [0.29, 0.717) is 42.0 Å². The smallest absolute Gasteiger partial charge is 0.263 e. The van der Waals surface area contributed by atoms with Crippen LogP contribution in [0.1, 0.15) is 12.5 Å². The number of halogens is 2. The molecule has 2 heterocycles. The Bertz CT molecular complexity index is 1100. The number of benzene rings is 2. The number of carbonyl (C=O) groups excluding carboxylic acids is 1. The van der Waals surface area contributed by atoms with E-state index in [1.54, 1.807) is 30.0 Å². The summed E-state index contributed by atoms with van der Waals surface area (Å²) in [5.74, 6) is 1.18. The summed E-state index contributed by atoms with van der Waals surface area (Å²) in [5, 5.41) is 9.74. The lowest BCUT2D eigenvalue weighted by Crippen LogP contribution is -2.52. The fourth-order valence-corrected chi connectivity index (χ4v) is 4.18. The highest BCUT2D eigenvalue weighted by Gasteiger charge is 2.27. The molecule has 6 nitrogen and oxygen atoms in total. The molecule has 0 saturated carbocycles. The summed E-state index contributed by atoms with van der Waals surface area (Å²) in [6, 6.07) is 17.1. The lowest BCUT2D eigenvalue weighted by atomic mass is 10.1. The zero-order valence-corrected chi connectivity index (χ0v) is 19.5. The minimum atomic E-state index is -0.645. The summed E-state index contributed by atoms with van der Waals surface area (Å²) in [7, 11) is 0. The first-order valence-electron chi connectivity index (χ1n) is 10.5. The van der Waals surface area contributed by atoms with Gasteiger partial charge in [-0.05, 0) is 49.7 Å². The highest BCUT2D eigenvalue weighted by atomic mass is 35.5. The molecule has 1 atom stereocenters. The maximum Gasteiger partial charge on any atom is 0.263 e. The second-order valence-corrected chi connectivity index (χ2v) is 8.58. The van der Waals surface area contributed by atoms with Gasteiger partial charge in [0.2, 0.25) is 0 Å². The van der Waals surface area contributed by atoms with E-state index in [1.165, 1.54) is 0 Å². The Kier molecular flexibility index (Phi) is 6.82. The van der Waals surface area contributed by atoms with Gasteiger partial charge in [-0.1, -0.05) is 47.5 Å². The van der Waals surface area contributed by atoms with Crippen LogP contribution in [0, 0.1) is 6.92 Å². The summed E-state index contributed by atoms with van der Waals surface area (Å²) in [6.07, 6.45) is -0.645. The molecular weight excluding hydrogens is 447 g/mol. The first-order chi connectivity index (χ1) is 15.4. The van der Waals surface area contributed by atoms with Gasteiger partial charge in [0.05, 0.1) is 10.7 Å². The third-order valence-corrected chi connectivity index (χ3v) is 6.06. The van der Waals surface area contributed by atoms with Crippen LogP contribution in [0.3, 0.4) is 0 Å². The van der Waals surface area contributed by atoms with Crippen LogP contribution in [0.2, 0.25) is 10.0 Å². The number of aromatic nitrogens is 2. The van der Waals surface area contributed by atoms with Crippen molar-refractivity contribution in [2.45, 2.75) is 20.0 Å². The molecule has 3 aromatic rings. The molecule has 0 spiro atoms. The topological polar surface area (TPSA) is 58.6 Å². The van der Waals surface area contributed by atoms with Crippen molar-refractivity contribution in [1.29, 1.82) is 0 Å². The fourth-order valence-electron chi connectivity index (χ4n) is 3.72. The van der Waals surface area contributed by atoms with E-state index in [4.69, 9.17) is 27.9 Å². The van der Waals surface area contributed by atoms with E-state index in [1.807, 2.05) is 30.3 Å². The quantitative estimate of drug-likeness (QED) is 0.531. The Morgan fingerprint density at radius 2 is 1.75 bits per heavy atom. The SMILES string of the molecule is Cc1ccccc1-c1ccc(N2CCN(C(=O)C(C)Oc3ccc(Cl)cc3Cl)CC2)nn1. The molecule has 32 heavy (non-hydrogen) atoms. The molecule has 0 aliphatic carbocycles. The van der Waals surface area contributed by atoms with Crippen molar-refractivity contribution < 1.29 is 9.53 Å². The molecule has 1 saturated heterocycles. The number of aryl methyl sites for hydroxylation is 1. The van der Waals surface area contributed by atoms with Gasteiger partial charge in [0.25, 0.3) is 5.91 Å². The van der Waals surface area contributed by atoms with Crippen molar-refractivity contribution in [3.63, 3.8) is 0 Å². The van der Waals surface area contributed by atoms with Gasteiger partial charge in [0.1, 0.15) is 5.75 Å². The largest absolute Gasteiger partial charge is 0.479 e. The summed E-state index contributed by atoms with van der Waals surface area (Å²) in [5.41, 5.74) is 3.10. The molecule has 1 aliphatic heterocycles. The Hall–Kier alpha value is -2.83. The van der Waals surface area contributed by atoms with Gasteiger partial charge in [-0.15, -0.1) is 10.2 Å². The predicted molar refractivity (Wildman–Crippen MR) is 128 cm³/mol. The van der Waals surface area contributed by atoms with Crippen molar-refractivity contribution in [1.82, 2.24) is 15.1 Å². The number of hydrogen-bond acceptors (Lipinski definition) is 5. The third kappa shape index (κ3) is 4.97. The number of nitrogens with zero attached hydrogens (tertiary/aromatic N) is 4. The van der Waals surface area contributed by atoms with Crippen molar-refractivity contribution >= 4 is 34.9 Å². The van der Waals surface area contributed by atoms with Crippen molar-refractivity contribution in [2.24, 2.45) is 0 Å². The fraction of sp³-hybridized carbons (Fsp3) is 0.292. The van der Waals surface area contributed by atoms with Gasteiger partial charge in [-0.25, -0.2) is 0 Å². The van der Waals surface area contributed by atoms with Gasteiger partial charge in [-0.2, -0.15) is 0 Å². The van der Waals surface area contributed by atoms with Gasteiger partial charge in [0.15, 0.2) is 11.9 Å². The Balaban J connectivity index is 1.34. The highest BCUT2D eigenvalue weighted by molar-refractivity contribution is 6.35. The number of hydrogen-bond donors (Lipinski definition) is 0. The molecule has 0 radical (unpaired) electrons. The minimum absolute atomic E-state index is 0.0725. The summed E-state index contributed by atoms with van der Waals surface area (Å²) in [6.45, 7) is 6.32. The summed E-state index contributed by atoms with van der Waals surface area (Å²) >= 11 is 12.1. The number of amides is 1. The Morgan fingerprint density at radius 1 is 1.00 bits per heavy atom. The second kappa shape index (κ2) is 9.76. The molecule has 0 N–H and O–H groups in total. The predicted octanol–water partition coefficient (Wildman–Crippen LogP) is 4.87. The average molecular weight is 471 g/mol. The van der Waals surface area contributed by atoms with Crippen molar-refractivity contribution in [3.05, 3.63) is 70.2 Å². The monoisotopic (exact) mass is 470 g/mol. The number of piperazine rings is 1. The number of anilines is 1. The molecule has 166 valence electrons. The molecule has 1 aromatic heterocycles. The first-order valence-corrected chi connectivity index (χ1v) is 11.2. The van der Waals surface area contributed by atoms with E-state index in [-0.39, 0.29) is 5.91 Å². The molecule has 0 bridgehead atoms. The van der Waals surface area contributed by atoms with Crippen LogP contribution in [-0.2, 0) is 4.79 Å². The average Bonchev–Trinajstić information content (AvgIpc) is 2.81. The number of carbonyl (C=O) groups is 1. The molecule has 2 aromatic carbocycles. The van der Waals surface area contributed by atoms with Crippen LogP contribution in [0.4, 0.5) is 5.82 Å². The van der Waals surface area contributed by atoms with Gasteiger partial charge in [-0.3, -0.25) is 4.79 Å². The van der Waals surface area contributed by atoms with E-state index in [0.717, 1.165) is 22.6 Å². The third-order valence-electron chi connectivity index (χ3n) is 5.53. The Morgan fingerprint density at radius 3 is 2.41 bits per heavy atom. The van der Waals surface area contributed by atoms with Gasteiger partial charge >= 0.3 is 0 Å². The first kappa shape index (κ1) is 22.4. The normalized spacial score (nSPS) is 14.9. The van der Waals surface area contributed by atoms with Crippen molar-refractivity contribution in [3.8, 4) is 17.0 Å². The van der Waals surface area contributed by atoms with E-state index in [2.05, 4.69) is 28.1 Å². The summed E-state index contributed by atoms with van der Waals surface area (Å²) < 4.78 is 5.77. The van der Waals surface area contributed by atoms with Crippen LogP contribution in [-0.4, -0.2) is 53.3 Å². The molecule has 1 unspecified atom stereocenters. The lowest BCUT2D eigenvalue weighted by molar-refractivity contribution is -0.138. The molecule has 1 fully saturated rings. The number of rotatable bonds is 5. The molecule has 1 amide bonds. The Labute approximate surface area is 197 Å². The zero-order valence-electron chi connectivity index (χ0n) is 18.0. The lowest BCUT2D eigenvalue weighted by Gasteiger charge is -2.36. The molecule has 4 rings (SSSR count). The van der Waals surface area contributed by atoms with E-state index in [9.17, 15) is 4.79 Å². The maximum absolute atomic E-state index is 12.8. The van der Waals surface area contributed by atoms with Crippen LogP contribution in [0.5, 0.6) is 5.75 Å². The van der Waals surface area contributed by atoms with Crippen LogP contribution in [0.15, 0.2) is 54.6 Å². The molecule has 1 aliphatic rings. The molecular formula is C24H24Cl2N4O2. The van der Waals surface area contributed by atoms with Gasteiger partial charge in [0, 0.05) is 36.8 Å². The van der Waals surface area contributed by atoms with Crippen LogP contribution < -0.4 is 9.64 Å². The van der Waals surface area contributed by atoms with E-state index >= 15 is 0 Å². The number of ether oxygens (including phenoxy) is 1. The van der Waals surface area contributed by atoms with Crippen LogP contribution in [0.25, 0.3) is 11.3 Å². The highest BCUT2D eigenvalue weighted by Crippen LogP contribution is 2.28. The maximum atomic E-state index is 12.8. The summed E-state index contributed by atoms with van der Waals surface area (Å²) in [4.78, 5) is 16.8. The zero-order chi connectivity index (χ0) is 22.7. The minimum Gasteiger partial charge on any atom is -0.479 e. The second-order valence-electron chi connectivity index (χ2n) is 7.74. The van der Waals surface area contributed by atoms with Crippen molar-refractivity contribution in [2.75, 3.05) is 31.1 Å².